The van der Waals surface area contributed by atoms with Crippen molar-refractivity contribution in [1.29, 1.82) is 0 Å². The second-order valence-electron chi connectivity index (χ2n) is 9.10. The first-order valence-electron chi connectivity index (χ1n) is 11.1. The van der Waals surface area contributed by atoms with E-state index in [1.54, 1.807) is 0 Å². The minimum Gasteiger partial charge on any atom is -0.379 e. The van der Waals surface area contributed by atoms with Crippen molar-refractivity contribution < 1.29 is 19.4 Å². The maximum absolute atomic E-state index is 13.0. The molecule has 154 valence electrons. The molecule has 0 bridgehead atoms. The molecule has 3 saturated heterocycles. The van der Waals surface area contributed by atoms with Gasteiger partial charge in [0.25, 0.3) is 5.91 Å². The van der Waals surface area contributed by atoms with Crippen molar-refractivity contribution in [3.63, 3.8) is 0 Å². The number of β-amino-alcohol motifs (C(OH)–C–C–N with tert-alkyl or cyclic N) is 1. The average molecular weight is 381 g/mol. The molecule has 3 heterocycles. The summed E-state index contributed by atoms with van der Waals surface area (Å²) < 4.78 is 11.6. The molecule has 0 radical (unpaired) electrons. The fourth-order valence-corrected chi connectivity index (χ4v) is 5.45. The van der Waals surface area contributed by atoms with Crippen molar-refractivity contribution in [3.05, 3.63) is 0 Å². The van der Waals surface area contributed by atoms with E-state index in [0.717, 1.165) is 57.8 Å². The van der Waals surface area contributed by atoms with Crippen molar-refractivity contribution in [2.75, 3.05) is 45.9 Å². The van der Waals surface area contributed by atoms with E-state index in [2.05, 4.69) is 4.90 Å². The fraction of sp³-hybridized carbons (Fsp3) is 0.952. The number of hydrogen-bond acceptors (Lipinski definition) is 5. The van der Waals surface area contributed by atoms with Gasteiger partial charge in [0.1, 0.15) is 0 Å². The summed E-state index contributed by atoms with van der Waals surface area (Å²) in [6.45, 7) is 5.06. The van der Waals surface area contributed by atoms with Crippen LogP contribution in [0.15, 0.2) is 0 Å². The Labute approximate surface area is 163 Å². The minimum absolute atomic E-state index is 0.0433. The Hall–Kier alpha value is -0.690. The zero-order valence-corrected chi connectivity index (χ0v) is 16.7. The monoisotopic (exact) mass is 380 g/mol. The molecule has 4 fully saturated rings. The molecule has 0 unspecified atom stereocenters. The van der Waals surface area contributed by atoms with Crippen LogP contribution in [0.2, 0.25) is 0 Å². The van der Waals surface area contributed by atoms with Crippen molar-refractivity contribution in [2.45, 2.75) is 75.6 Å². The first-order valence-corrected chi connectivity index (χ1v) is 11.1. The van der Waals surface area contributed by atoms with Crippen LogP contribution in [0.25, 0.3) is 0 Å². The predicted octanol–water partition coefficient (Wildman–Crippen LogP) is 2.15. The Kier molecular flexibility index (Phi) is 6.07. The molecule has 1 saturated carbocycles. The van der Waals surface area contributed by atoms with Crippen molar-refractivity contribution >= 4 is 5.91 Å². The molecule has 1 spiro atoms. The largest absolute Gasteiger partial charge is 0.379 e. The number of piperidine rings is 2. The van der Waals surface area contributed by atoms with E-state index in [1.165, 1.54) is 32.1 Å². The highest BCUT2D eigenvalue weighted by Crippen LogP contribution is 2.33. The lowest BCUT2D eigenvalue weighted by Gasteiger charge is -2.44. The third kappa shape index (κ3) is 4.50. The predicted molar refractivity (Wildman–Crippen MR) is 102 cm³/mol. The third-order valence-corrected chi connectivity index (χ3v) is 7.15. The van der Waals surface area contributed by atoms with Gasteiger partial charge in [-0.15, -0.1) is 0 Å². The molecule has 1 amide bonds. The molecule has 1 N–H and O–H groups in total. The average Bonchev–Trinajstić information content (AvgIpc) is 3.14. The number of likely N-dealkylation sites (tertiary alicyclic amines) is 2. The van der Waals surface area contributed by atoms with Crippen LogP contribution in [0.4, 0.5) is 0 Å². The highest BCUT2D eigenvalue weighted by molar-refractivity contribution is 5.86. The van der Waals surface area contributed by atoms with Crippen molar-refractivity contribution in [3.8, 4) is 0 Å². The molecule has 1 aliphatic carbocycles. The number of carbonyl (C=O) groups excluding carboxylic acids is 1. The van der Waals surface area contributed by atoms with Crippen LogP contribution in [0, 0.1) is 5.92 Å². The molecule has 4 aliphatic rings. The van der Waals surface area contributed by atoms with Crippen LogP contribution in [0.3, 0.4) is 0 Å². The standard InChI is InChI=1S/C21H36N2O4/c24-19-20(25,17-22-13-9-21(10-14-22)26-15-16-27-21)8-4-11-23(19)12-7-18-5-2-1-3-6-18/h18,25H,1-17H2/t20-/m1/s1. The second kappa shape index (κ2) is 8.36. The third-order valence-electron chi connectivity index (χ3n) is 7.15. The van der Waals surface area contributed by atoms with E-state index in [9.17, 15) is 9.90 Å². The van der Waals surface area contributed by atoms with Crippen LogP contribution in [0.1, 0.15) is 64.2 Å². The fourth-order valence-electron chi connectivity index (χ4n) is 5.45. The Balaban J connectivity index is 1.28. The van der Waals surface area contributed by atoms with Crippen LogP contribution >= 0.6 is 0 Å². The SMILES string of the molecule is O=C1N(CCC2CCCCC2)CCC[C@@]1(O)CN1CCC2(CC1)OCCO2. The Morgan fingerprint density at radius 3 is 2.37 bits per heavy atom. The quantitative estimate of drug-likeness (QED) is 0.792. The van der Waals surface area contributed by atoms with Crippen LogP contribution in [-0.4, -0.2) is 78.1 Å². The molecular weight excluding hydrogens is 344 g/mol. The summed E-state index contributed by atoms with van der Waals surface area (Å²) in [4.78, 5) is 17.2. The highest BCUT2D eigenvalue weighted by Gasteiger charge is 2.46. The molecule has 6 heteroatoms. The lowest BCUT2D eigenvalue weighted by molar-refractivity contribution is -0.190. The second-order valence-corrected chi connectivity index (χ2v) is 9.10. The van der Waals surface area contributed by atoms with Crippen molar-refractivity contribution in [2.24, 2.45) is 5.92 Å². The molecule has 0 aromatic heterocycles. The van der Waals surface area contributed by atoms with E-state index in [0.29, 0.717) is 26.2 Å². The van der Waals surface area contributed by atoms with Gasteiger partial charge in [-0.3, -0.25) is 9.69 Å². The number of hydrogen-bond donors (Lipinski definition) is 1. The summed E-state index contributed by atoms with van der Waals surface area (Å²) in [5.74, 6) is 0.325. The first-order chi connectivity index (χ1) is 13.1. The molecule has 1 atom stereocenters. The van der Waals surface area contributed by atoms with Gasteiger partial charge in [-0.2, -0.15) is 0 Å². The van der Waals surface area contributed by atoms with E-state index in [1.807, 2.05) is 4.90 Å². The Morgan fingerprint density at radius 2 is 1.67 bits per heavy atom. The van der Waals surface area contributed by atoms with Gasteiger partial charge in [0, 0.05) is 45.6 Å². The van der Waals surface area contributed by atoms with Gasteiger partial charge in [-0.05, 0) is 25.2 Å². The highest BCUT2D eigenvalue weighted by atomic mass is 16.7. The van der Waals surface area contributed by atoms with E-state index in [4.69, 9.17) is 9.47 Å². The summed E-state index contributed by atoms with van der Waals surface area (Å²) in [5.41, 5.74) is -1.22. The van der Waals surface area contributed by atoms with E-state index in [-0.39, 0.29) is 5.91 Å². The summed E-state index contributed by atoms with van der Waals surface area (Å²) in [7, 11) is 0. The van der Waals surface area contributed by atoms with Gasteiger partial charge < -0.3 is 19.5 Å². The molecule has 0 aromatic carbocycles. The van der Waals surface area contributed by atoms with Crippen LogP contribution in [0.5, 0.6) is 0 Å². The van der Waals surface area contributed by atoms with Gasteiger partial charge in [-0.1, -0.05) is 32.1 Å². The lowest BCUT2D eigenvalue weighted by Crippen LogP contribution is -2.60. The Morgan fingerprint density at radius 1 is 0.963 bits per heavy atom. The van der Waals surface area contributed by atoms with Crippen molar-refractivity contribution in [1.82, 2.24) is 9.80 Å². The minimum atomic E-state index is -1.22. The molecule has 6 nitrogen and oxygen atoms in total. The maximum atomic E-state index is 13.0. The number of aliphatic hydroxyl groups is 1. The summed E-state index contributed by atoms with van der Waals surface area (Å²) >= 11 is 0. The van der Waals surface area contributed by atoms with Gasteiger partial charge in [-0.25, -0.2) is 0 Å². The first kappa shape index (κ1) is 19.6. The molecule has 0 aromatic rings. The number of carbonyl (C=O) groups is 1. The normalized spacial score (nSPS) is 33.1. The van der Waals surface area contributed by atoms with Gasteiger partial charge >= 0.3 is 0 Å². The number of amides is 1. The van der Waals surface area contributed by atoms with Crippen LogP contribution < -0.4 is 0 Å². The summed E-state index contributed by atoms with van der Waals surface area (Å²) in [6, 6.07) is 0. The zero-order chi connectivity index (χ0) is 18.7. The smallest absolute Gasteiger partial charge is 0.255 e. The Bertz CT molecular complexity index is 506. The molecule has 4 rings (SSSR count). The zero-order valence-electron chi connectivity index (χ0n) is 16.7. The topological polar surface area (TPSA) is 62.2 Å². The number of rotatable bonds is 5. The van der Waals surface area contributed by atoms with Gasteiger partial charge in [0.2, 0.25) is 0 Å². The molecule has 3 aliphatic heterocycles. The lowest BCUT2D eigenvalue weighted by atomic mass is 9.86. The van der Waals surface area contributed by atoms with Gasteiger partial charge in [0.15, 0.2) is 11.4 Å². The summed E-state index contributed by atoms with van der Waals surface area (Å²) in [5, 5.41) is 11.2. The molecular formula is C21H36N2O4. The van der Waals surface area contributed by atoms with Gasteiger partial charge in [0.05, 0.1) is 13.2 Å². The van der Waals surface area contributed by atoms with E-state index >= 15 is 0 Å². The number of nitrogens with zero attached hydrogens (tertiary/aromatic N) is 2. The number of ether oxygens (including phenoxy) is 2. The van der Waals surface area contributed by atoms with E-state index < -0.39 is 11.4 Å². The van der Waals surface area contributed by atoms with Crippen LogP contribution in [-0.2, 0) is 14.3 Å². The maximum Gasteiger partial charge on any atom is 0.255 e. The molecule has 27 heavy (non-hydrogen) atoms. The summed E-state index contributed by atoms with van der Waals surface area (Å²) in [6.07, 6.45) is 10.9.